The van der Waals surface area contributed by atoms with Crippen molar-refractivity contribution in [1.82, 2.24) is 18.7 Å². The van der Waals surface area contributed by atoms with Crippen LogP contribution >= 0.6 is 0 Å². The third-order valence-electron chi connectivity index (χ3n) is 4.40. The number of fused-ring (bicyclic) bond motifs is 1. The van der Waals surface area contributed by atoms with Crippen LogP contribution in [-0.2, 0) is 21.1 Å². The average molecular weight is 328 g/mol. The molecule has 0 amide bonds. The summed E-state index contributed by atoms with van der Waals surface area (Å²) in [5.74, 6) is 1.47. The smallest absolute Gasteiger partial charge is 0.332 e. The zero-order valence-corrected chi connectivity index (χ0v) is 14.7. The summed E-state index contributed by atoms with van der Waals surface area (Å²) in [4.78, 5) is 29.1. The van der Waals surface area contributed by atoms with Crippen LogP contribution in [-0.4, -0.2) is 25.8 Å². The molecule has 7 nitrogen and oxygen atoms in total. The number of imidazole rings is 1. The standard InChI is InChI=1S/C17H20N4O3/c1-9-7-11(8-10(2)13(9)24-6)14-18-15-12(19(14)3)16(22)21(5)17(23)20(15)4/h7-8H,1-6H3. The number of aryl methyl sites for hydroxylation is 4. The van der Waals surface area contributed by atoms with Crippen molar-refractivity contribution in [2.45, 2.75) is 13.8 Å². The third kappa shape index (κ3) is 2.08. The normalized spacial score (nSPS) is 11.2. The maximum Gasteiger partial charge on any atom is 0.332 e. The molecule has 0 atom stereocenters. The van der Waals surface area contributed by atoms with Gasteiger partial charge in [0, 0.05) is 26.7 Å². The van der Waals surface area contributed by atoms with E-state index in [-0.39, 0.29) is 11.2 Å². The van der Waals surface area contributed by atoms with Crippen molar-refractivity contribution in [3.63, 3.8) is 0 Å². The highest BCUT2D eigenvalue weighted by atomic mass is 16.5. The summed E-state index contributed by atoms with van der Waals surface area (Å²) < 4.78 is 9.62. The van der Waals surface area contributed by atoms with Gasteiger partial charge in [-0.15, -0.1) is 0 Å². The summed E-state index contributed by atoms with van der Waals surface area (Å²) in [6, 6.07) is 3.94. The monoisotopic (exact) mass is 328 g/mol. The lowest BCUT2D eigenvalue weighted by Crippen LogP contribution is -2.37. The number of benzene rings is 1. The SMILES string of the molecule is COc1c(C)cc(-c2nc3c(c(=O)n(C)c(=O)n3C)n2C)cc1C. The fraction of sp³-hybridized carbons (Fsp3) is 0.353. The van der Waals surface area contributed by atoms with Crippen molar-refractivity contribution in [3.05, 3.63) is 44.1 Å². The lowest BCUT2D eigenvalue weighted by molar-refractivity contribution is 0.408. The summed E-state index contributed by atoms with van der Waals surface area (Å²) in [6.45, 7) is 3.93. The molecular weight excluding hydrogens is 308 g/mol. The second kappa shape index (κ2) is 5.36. The van der Waals surface area contributed by atoms with Gasteiger partial charge < -0.3 is 9.30 Å². The summed E-state index contributed by atoms with van der Waals surface area (Å²) >= 11 is 0. The van der Waals surface area contributed by atoms with Crippen LogP contribution < -0.4 is 16.0 Å². The van der Waals surface area contributed by atoms with Crippen molar-refractivity contribution < 1.29 is 4.74 Å². The first kappa shape index (κ1) is 16.0. The Bertz CT molecular complexity index is 1060. The van der Waals surface area contributed by atoms with E-state index in [4.69, 9.17) is 4.74 Å². The van der Waals surface area contributed by atoms with Crippen LogP contribution in [0.4, 0.5) is 0 Å². The zero-order chi connectivity index (χ0) is 17.8. The molecule has 0 unspecified atom stereocenters. The molecule has 126 valence electrons. The molecule has 0 fully saturated rings. The van der Waals surface area contributed by atoms with E-state index in [0.717, 1.165) is 27.0 Å². The van der Waals surface area contributed by atoms with E-state index in [0.29, 0.717) is 17.0 Å². The largest absolute Gasteiger partial charge is 0.496 e. The Kier molecular flexibility index (Phi) is 3.59. The van der Waals surface area contributed by atoms with Crippen molar-refractivity contribution in [2.24, 2.45) is 21.1 Å². The zero-order valence-electron chi connectivity index (χ0n) is 14.7. The number of hydrogen-bond donors (Lipinski definition) is 0. The number of nitrogens with zero attached hydrogens (tertiary/aromatic N) is 4. The van der Waals surface area contributed by atoms with E-state index >= 15 is 0 Å². The highest BCUT2D eigenvalue weighted by molar-refractivity contribution is 5.77. The van der Waals surface area contributed by atoms with Crippen LogP contribution in [0.2, 0.25) is 0 Å². The fourth-order valence-electron chi connectivity index (χ4n) is 3.18. The van der Waals surface area contributed by atoms with Gasteiger partial charge in [-0.25, -0.2) is 9.78 Å². The highest BCUT2D eigenvalue weighted by Crippen LogP contribution is 2.30. The number of ether oxygens (including phenoxy) is 1. The van der Waals surface area contributed by atoms with Crippen molar-refractivity contribution >= 4 is 11.2 Å². The lowest BCUT2D eigenvalue weighted by atomic mass is 10.1. The lowest BCUT2D eigenvalue weighted by Gasteiger charge is -2.11. The topological polar surface area (TPSA) is 71.1 Å². The van der Waals surface area contributed by atoms with E-state index in [2.05, 4.69) is 4.98 Å². The minimum Gasteiger partial charge on any atom is -0.496 e. The second-order valence-electron chi connectivity index (χ2n) is 6.02. The van der Waals surface area contributed by atoms with Gasteiger partial charge in [0.1, 0.15) is 11.6 Å². The number of rotatable bonds is 2. The molecular formula is C17H20N4O3. The molecule has 0 aliphatic rings. The quantitative estimate of drug-likeness (QED) is 0.710. The molecule has 0 saturated heterocycles. The Balaban J connectivity index is 2.39. The molecule has 3 rings (SSSR count). The van der Waals surface area contributed by atoms with Gasteiger partial charge in [0.2, 0.25) is 0 Å². The van der Waals surface area contributed by atoms with Crippen LogP contribution in [0.3, 0.4) is 0 Å². The van der Waals surface area contributed by atoms with Crippen LogP contribution in [0.5, 0.6) is 5.75 Å². The molecule has 3 aromatic rings. The van der Waals surface area contributed by atoms with Gasteiger partial charge in [-0.3, -0.25) is 13.9 Å². The van der Waals surface area contributed by atoms with Gasteiger partial charge in [0.25, 0.3) is 5.56 Å². The van der Waals surface area contributed by atoms with Gasteiger partial charge in [0.05, 0.1) is 7.11 Å². The first-order chi connectivity index (χ1) is 11.3. The molecule has 7 heteroatoms. The number of hydrogen-bond acceptors (Lipinski definition) is 4. The Morgan fingerprint density at radius 2 is 1.54 bits per heavy atom. The van der Waals surface area contributed by atoms with E-state index in [1.165, 1.54) is 11.6 Å². The molecule has 0 spiro atoms. The van der Waals surface area contributed by atoms with Crippen LogP contribution in [0, 0.1) is 13.8 Å². The minimum atomic E-state index is -0.390. The molecule has 0 aliphatic carbocycles. The molecule has 1 aromatic carbocycles. The van der Waals surface area contributed by atoms with E-state index in [1.807, 2.05) is 26.0 Å². The van der Waals surface area contributed by atoms with Gasteiger partial charge >= 0.3 is 5.69 Å². The van der Waals surface area contributed by atoms with Gasteiger partial charge in [-0.05, 0) is 37.1 Å². The molecule has 0 saturated carbocycles. The molecule has 24 heavy (non-hydrogen) atoms. The molecule has 2 heterocycles. The Hall–Kier alpha value is -2.83. The predicted octanol–water partition coefficient (Wildman–Crippen LogP) is 1.26. The summed E-state index contributed by atoms with van der Waals surface area (Å²) in [7, 11) is 6.51. The summed E-state index contributed by atoms with van der Waals surface area (Å²) in [5.41, 5.74) is 2.89. The minimum absolute atomic E-state index is 0.351. The van der Waals surface area contributed by atoms with Crippen LogP contribution in [0.15, 0.2) is 21.7 Å². The Morgan fingerprint density at radius 3 is 2.08 bits per heavy atom. The van der Waals surface area contributed by atoms with Crippen LogP contribution in [0.1, 0.15) is 11.1 Å². The predicted molar refractivity (Wildman–Crippen MR) is 92.7 cm³/mol. The van der Waals surface area contributed by atoms with Crippen molar-refractivity contribution in [2.75, 3.05) is 7.11 Å². The highest BCUT2D eigenvalue weighted by Gasteiger charge is 2.19. The molecule has 0 N–H and O–H groups in total. The summed E-state index contributed by atoms with van der Waals surface area (Å²) in [5, 5.41) is 0. The maximum atomic E-state index is 12.5. The first-order valence-corrected chi connectivity index (χ1v) is 7.56. The molecule has 0 aliphatic heterocycles. The van der Waals surface area contributed by atoms with E-state index in [1.54, 1.807) is 25.8 Å². The summed E-state index contributed by atoms with van der Waals surface area (Å²) in [6.07, 6.45) is 0. The molecule has 2 aromatic heterocycles. The van der Waals surface area contributed by atoms with Crippen LogP contribution in [0.25, 0.3) is 22.6 Å². The van der Waals surface area contributed by atoms with Gasteiger partial charge in [0.15, 0.2) is 11.2 Å². The number of aromatic nitrogens is 4. The van der Waals surface area contributed by atoms with Gasteiger partial charge in [-0.2, -0.15) is 0 Å². The van der Waals surface area contributed by atoms with Gasteiger partial charge in [-0.1, -0.05) is 0 Å². The second-order valence-corrected chi connectivity index (χ2v) is 6.02. The molecule has 0 bridgehead atoms. The number of methoxy groups -OCH3 is 1. The Morgan fingerprint density at radius 1 is 0.958 bits per heavy atom. The third-order valence-corrected chi connectivity index (χ3v) is 4.40. The first-order valence-electron chi connectivity index (χ1n) is 7.56. The average Bonchev–Trinajstić information content (AvgIpc) is 2.88. The fourth-order valence-corrected chi connectivity index (χ4v) is 3.18. The van der Waals surface area contributed by atoms with Crippen molar-refractivity contribution in [3.8, 4) is 17.1 Å². The Labute approximate surface area is 138 Å². The van der Waals surface area contributed by atoms with E-state index < -0.39 is 0 Å². The van der Waals surface area contributed by atoms with E-state index in [9.17, 15) is 9.59 Å². The maximum absolute atomic E-state index is 12.5. The molecule has 0 radical (unpaired) electrons. The van der Waals surface area contributed by atoms with Crippen molar-refractivity contribution in [1.29, 1.82) is 0 Å².